The van der Waals surface area contributed by atoms with Crippen LogP contribution in [0.5, 0.6) is 0 Å². The second-order valence-corrected chi connectivity index (χ2v) is 4.98. The van der Waals surface area contributed by atoms with E-state index in [1.54, 1.807) is 0 Å². The van der Waals surface area contributed by atoms with Crippen molar-refractivity contribution in [2.24, 2.45) is 11.8 Å². The van der Waals surface area contributed by atoms with Gasteiger partial charge in [-0.3, -0.25) is 0 Å². The first-order chi connectivity index (χ1) is 7.65. The highest BCUT2D eigenvalue weighted by Gasteiger charge is 2.24. The fourth-order valence-corrected chi connectivity index (χ4v) is 2.41. The molecule has 0 spiro atoms. The molecule has 1 fully saturated rings. The van der Waals surface area contributed by atoms with E-state index in [9.17, 15) is 4.39 Å². The van der Waals surface area contributed by atoms with Crippen LogP contribution in [-0.2, 0) is 0 Å². The molecule has 0 radical (unpaired) electrons. The van der Waals surface area contributed by atoms with E-state index in [0.717, 1.165) is 17.5 Å². The lowest BCUT2D eigenvalue weighted by molar-refractivity contribution is 0.261. The Labute approximate surface area is 96.3 Å². The molecule has 0 amide bonds. The van der Waals surface area contributed by atoms with Crippen LogP contribution in [0.2, 0.25) is 0 Å². The molecule has 0 aliphatic heterocycles. The van der Waals surface area contributed by atoms with Crippen molar-refractivity contribution in [1.29, 1.82) is 0 Å². The number of anilines is 1. The van der Waals surface area contributed by atoms with Gasteiger partial charge in [0.25, 0.3) is 0 Å². The maximum absolute atomic E-state index is 12.9. The van der Waals surface area contributed by atoms with Crippen molar-refractivity contribution in [2.75, 3.05) is 5.32 Å². The molecule has 2 rings (SSSR count). The van der Waals surface area contributed by atoms with Crippen molar-refractivity contribution in [3.8, 4) is 0 Å². The van der Waals surface area contributed by atoms with Crippen LogP contribution in [0.4, 0.5) is 10.1 Å². The lowest BCUT2D eigenvalue weighted by atomic mass is 9.79. The highest BCUT2D eigenvalue weighted by Crippen LogP contribution is 2.30. The molecule has 3 unspecified atom stereocenters. The minimum atomic E-state index is -0.415. The summed E-state index contributed by atoms with van der Waals surface area (Å²) in [6, 6.07) is 3.77. The molecule has 0 bridgehead atoms. The second-order valence-electron chi connectivity index (χ2n) is 4.98. The molecular weight excluding hydrogens is 203 g/mol. The maximum atomic E-state index is 12.9. The number of rotatable bonds is 2. The summed E-state index contributed by atoms with van der Waals surface area (Å²) in [4.78, 5) is 3.55. The van der Waals surface area contributed by atoms with Crippen molar-refractivity contribution < 1.29 is 4.39 Å². The number of pyridine rings is 1. The molecule has 88 valence electrons. The zero-order valence-electron chi connectivity index (χ0n) is 9.91. The summed E-state index contributed by atoms with van der Waals surface area (Å²) in [6.45, 7) is 4.61. The average molecular weight is 222 g/mol. The van der Waals surface area contributed by atoms with E-state index in [4.69, 9.17) is 0 Å². The summed E-state index contributed by atoms with van der Waals surface area (Å²) in [5.41, 5.74) is 0.847. The summed E-state index contributed by atoms with van der Waals surface area (Å²) >= 11 is 0. The van der Waals surface area contributed by atoms with Crippen LogP contribution in [0.15, 0.2) is 18.3 Å². The van der Waals surface area contributed by atoms with Gasteiger partial charge in [0.15, 0.2) is 0 Å². The van der Waals surface area contributed by atoms with Crippen LogP contribution in [0, 0.1) is 17.8 Å². The molecule has 1 N–H and O–H groups in total. The number of hydrogen-bond acceptors (Lipinski definition) is 2. The van der Waals surface area contributed by atoms with Crippen LogP contribution in [0.25, 0.3) is 0 Å². The molecule has 1 heterocycles. The first-order valence-corrected chi connectivity index (χ1v) is 6.03. The summed E-state index contributed by atoms with van der Waals surface area (Å²) < 4.78 is 12.9. The Morgan fingerprint density at radius 2 is 2.12 bits per heavy atom. The van der Waals surface area contributed by atoms with E-state index in [2.05, 4.69) is 24.1 Å². The van der Waals surface area contributed by atoms with E-state index in [-0.39, 0.29) is 0 Å². The van der Waals surface area contributed by atoms with Crippen molar-refractivity contribution >= 4 is 5.69 Å². The van der Waals surface area contributed by atoms with Gasteiger partial charge in [0, 0.05) is 24.0 Å². The molecule has 1 aromatic rings. The third kappa shape index (κ3) is 2.71. The van der Waals surface area contributed by atoms with Crippen molar-refractivity contribution in [1.82, 2.24) is 4.98 Å². The van der Waals surface area contributed by atoms with Gasteiger partial charge in [-0.05, 0) is 37.2 Å². The maximum Gasteiger partial charge on any atom is 0.214 e. The van der Waals surface area contributed by atoms with Gasteiger partial charge in [-0.2, -0.15) is 4.39 Å². The van der Waals surface area contributed by atoms with Gasteiger partial charge in [0.2, 0.25) is 5.95 Å². The van der Waals surface area contributed by atoms with E-state index < -0.39 is 5.95 Å². The Bertz CT molecular complexity index is 354. The van der Waals surface area contributed by atoms with Crippen LogP contribution < -0.4 is 5.32 Å². The standard InChI is InChI=1S/C13H19FN2/c1-9-3-4-11(7-10(9)2)16-12-5-6-15-13(14)8-12/h5-6,8-11H,3-4,7H2,1-2H3,(H,15,16). The molecule has 3 heteroatoms. The fraction of sp³-hybridized carbons (Fsp3) is 0.615. The topological polar surface area (TPSA) is 24.9 Å². The zero-order chi connectivity index (χ0) is 11.5. The molecule has 1 aromatic heterocycles. The van der Waals surface area contributed by atoms with Crippen LogP contribution in [-0.4, -0.2) is 11.0 Å². The van der Waals surface area contributed by atoms with Crippen LogP contribution in [0.1, 0.15) is 33.1 Å². The highest BCUT2D eigenvalue weighted by molar-refractivity contribution is 5.42. The Balaban J connectivity index is 1.95. The summed E-state index contributed by atoms with van der Waals surface area (Å²) in [7, 11) is 0. The monoisotopic (exact) mass is 222 g/mol. The summed E-state index contributed by atoms with van der Waals surface area (Å²) in [5.74, 6) is 1.15. The quantitative estimate of drug-likeness (QED) is 0.775. The van der Waals surface area contributed by atoms with Gasteiger partial charge in [0.05, 0.1) is 0 Å². The number of hydrogen-bond donors (Lipinski definition) is 1. The molecule has 0 saturated heterocycles. The molecular formula is C13H19FN2. The lowest BCUT2D eigenvalue weighted by Gasteiger charge is -2.33. The number of nitrogens with one attached hydrogen (secondary N) is 1. The van der Waals surface area contributed by atoms with E-state index in [1.165, 1.54) is 31.5 Å². The summed E-state index contributed by atoms with van der Waals surface area (Å²) in [6.07, 6.45) is 5.11. The SMILES string of the molecule is CC1CCC(Nc2ccnc(F)c2)CC1C. The Hall–Kier alpha value is -1.12. The van der Waals surface area contributed by atoms with E-state index in [1.807, 2.05) is 6.07 Å². The minimum Gasteiger partial charge on any atom is -0.382 e. The molecule has 3 atom stereocenters. The van der Waals surface area contributed by atoms with Crippen LogP contribution >= 0.6 is 0 Å². The van der Waals surface area contributed by atoms with Gasteiger partial charge in [0.1, 0.15) is 0 Å². The molecule has 0 aromatic carbocycles. The second kappa shape index (κ2) is 4.81. The highest BCUT2D eigenvalue weighted by atomic mass is 19.1. The van der Waals surface area contributed by atoms with Crippen molar-refractivity contribution in [3.63, 3.8) is 0 Å². The number of halogens is 1. The first-order valence-electron chi connectivity index (χ1n) is 6.03. The largest absolute Gasteiger partial charge is 0.382 e. The van der Waals surface area contributed by atoms with Gasteiger partial charge in [-0.1, -0.05) is 13.8 Å². The Kier molecular flexibility index (Phi) is 3.42. The minimum absolute atomic E-state index is 0.415. The number of aromatic nitrogens is 1. The van der Waals surface area contributed by atoms with Gasteiger partial charge in [-0.15, -0.1) is 0 Å². The molecule has 2 nitrogen and oxygen atoms in total. The first kappa shape index (κ1) is 11.4. The predicted octanol–water partition coefficient (Wildman–Crippen LogP) is 3.46. The molecule has 1 saturated carbocycles. The third-order valence-corrected chi connectivity index (χ3v) is 3.70. The van der Waals surface area contributed by atoms with Crippen LogP contribution in [0.3, 0.4) is 0 Å². The van der Waals surface area contributed by atoms with Gasteiger partial charge < -0.3 is 5.32 Å². The van der Waals surface area contributed by atoms with Crippen molar-refractivity contribution in [3.05, 3.63) is 24.3 Å². The average Bonchev–Trinajstić information content (AvgIpc) is 2.24. The smallest absolute Gasteiger partial charge is 0.214 e. The molecule has 16 heavy (non-hydrogen) atoms. The predicted molar refractivity (Wildman–Crippen MR) is 63.8 cm³/mol. The van der Waals surface area contributed by atoms with E-state index >= 15 is 0 Å². The molecule has 1 aliphatic rings. The lowest BCUT2D eigenvalue weighted by Crippen LogP contribution is -2.30. The zero-order valence-corrected chi connectivity index (χ0v) is 9.91. The Morgan fingerprint density at radius 3 is 2.81 bits per heavy atom. The van der Waals surface area contributed by atoms with Crippen molar-refractivity contribution in [2.45, 2.75) is 39.2 Å². The normalized spacial score (nSPS) is 30.1. The Morgan fingerprint density at radius 1 is 1.31 bits per heavy atom. The third-order valence-electron chi connectivity index (χ3n) is 3.70. The van der Waals surface area contributed by atoms with Gasteiger partial charge >= 0.3 is 0 Å². The van der Waals surface area contributed by atoms with E-state index in [0.29, 0.717) is 6.04 Å². The fourth-order valence-electron chi connectivity index (χ4n) is 2.41. The summed E-state index contributed by atoms with van der Waals surface area (Å²) in [5, 5.41) is 3.39. The molecule has 1 aliphatic carbocycles. The van der Waals surface area contributed by atoms with Gasteiger partial charge in [-0.25, -0.2) is 4.98 Å². The number of nitrogens with zero attached hydrogens (tertiary/aromatic N) is 1.